The molecule has 2 heterocycles. The van der Waals surface area contributed by atoms with E-state index in [1.807, 2.05) is 17.2 Å². The number of nitrogens with zero attached hydrogens (tertiary/aromatic N) is 2. The van der Waals surface area contributed by atoms with Crippen LogP contribution in [0.3, 0.4) is 0 Å². The average Bonchev–Trinajstić information content (AvgIpc) is 2.38. The summed E-state index contributed by atoms with van der Waals surface area (Å²) in [7, 11) is 0. The highest BCUT2D eigenvalue weighted by Gasteiger charge is 2.20. The minimum absolute atomic E-state index is 0.179. The molecule has 2 rings (SSSR count). The van der Waals surface area contributed by atoms with Crippen LogP contribution in [0.15, 0.2) is 24.5 Å². The van der Waals surface area contributed by atoms with Gasteiger partial charge < -0.3 is 10.2 Å². The lowest BCUT2D eigenvalue weighted by atomic mass is 10.0. The van der Waals surface area contributed by atoms with Gasteiger partial charge in [0.25, 0.3) is 0 Å². The first-order valence-electron chi connectivity index (χ1n) is 6.13. The fourth-order valence-corrected chi connectivity index (χ4v) is 2.19. The smallest absolute Gasteiger partial charge is 0.219 e. The molecule has 1 aliphatic rings. The van der Waals surface area contributed by atoms with Crippen molar-refractivity contribution in [1.29, 1.82) is 0 Å². The fraction of sp³-hybridized carbons (Fsp3) is 0.538. The van der Waals surface area contributed by atoms with Crippen molar-refractivity contribution in [2.45, 2.75) is 25.8 Å². The Balaban J connectivity index is 1.81. The highest BCUT2D eigenvalue weighted by molar-refractivity contribution is 5.73. The van der Waals surface area contributed by atoms with E-state index in [9.17, 15) is 4.79 Å². The van der Waals surface area contributed by atoms with E-state index < -0.39 is 0 Å². The number of carbonyl (C=O) groups is 1. The maximum absolute atomic E-state index is 11.3. The van der Waals surface area contributed by atoms with Crippen LogP contribution in [0.1, 0.15) is 18.9 Å². The van der Waals surface area contributed by atoms with Crippen LogP contribution in [0.25, 0.3) is 0 Å². The molecule has 0 aromatic carbocycles. The topological polar surface area (TPSA) is 45.2 Å². The normalized spacial score (nSPS) is 20.3. The van der Waals surface area contributed by atoms with Crippen LogP contribution < -0.4 is 5.32 Å². The van der Waals surface area contributed by atoms with Gasteiger partial charge in [-0.25, -0.2) is 0 Å². The second kappa shape index (κ2) is 5.77. The third kappa shape index (κ3) is 3.53. The molecule has 0 aliphatic carbocycles. The lowest BCUT2D eigenvalue weighted by molar-refractivity contribution is -0.130. The number of rotatable bonds is 3. The monoisotopic (exact) mass is 233 g/mol. The Morgan fingerprint density at radius 3 is 3.24 bits per heavy atom. The Morgan fingerprint density at radius 1 is 1.65 bits per heavy atom. The summed E-state index contributed by atoms with van der Waals surface area (Å²) in [6.45, 7) is 4.20. The summed E-state index contributed by atoms with van der Waals surface area (Å²) in [5.41, 5.74) is 1.26. The Hall–Kier alpha value is -1.42. The number of piperazine rings is 1. The highest BCUT2D eigenvalue weighted by atomic mass is 16.2. The number of carbonyl (C=O) groups excluding carboxylic acids is 1. The maximum Gasteiger partial charge on any atom is 0.219 e. The van der Waals surface area contributed by atoms with Gasteiger partial charge >= 0.3 is 0 Å². The summed E-state index contributed by atoms with van der Waals surface area (Å²) in [6.07, 6.45) is 5.76. The zero-order chi connectivity index (χ0) is 12.1. The van der Waals surface area contributed by atoms with Crippen LogP contribution in [0.4, 0.5) is 0 Å². The van der Waals surface area contributed by atoms with Gasteiger partial charge in [0.05, 0.1) is 0 Å². The van der Waals surface area contributed by atoms with Gasteiger partial charge in [-0.2, -0.15) is 0 Å². The van der Waals surface area contributed by atoms with Crippen molar-refractivity contribution in [1.82, 2.24) is 15.2 Å². The predicted molar refractivity (Wildman–Crippen MR) is 66.6 cm³/mol. The fourth-order valence-electron chi connectivity index (χ4n) is 2.19. The maximum atomic E-state index is 11.3. The number of hydrogen-bond acceptors (Lipinski definition) is 3. The molecule has 1 N–H and O–H groups in total. The first-order chi connectivity index (χ1) is 8.25. The molecule has 0 spiro atoms. The number of aryl methyl sites for hydroxylation is 1. The summed E-state index contributed by atoms with van der Waals surface area (Å²) >= 11 is 0. The summed E-state index contributed by atoms with van der Waals surface area (Å²) in [5.74, 6) is 0.179. The molecule has 1 atom stereocenters. The molecule has 0 bridgehead atoms. The zero-order valence-corrected chi connectivity index (χ0v) is 10.2. The molecule has 1 unspecified atom stereocenters. The van der Waals surface area contributed by atoms with Crippen molar-refractivity contribution in [2.75, 3.05) is 19.6 Å². The summed E-state index contributed by atoms with van der Waals surface area (Å²) in [4.78, 5) is 17.3. The second-order valence-electron chi connectivity index (χ2n) is 4.52. The van der Waals surface area contributed by atoms with E-state index in [2.05, 4.69) is 16.4 Å². The average molecular weight is 233 g/mol. The minimum atomic E-state index is 0.179. The van der Waals surface area contributed by atoms with E-state index in [-0.39, 0.29) is 5.91 Å². The molecule has 1 aliphatic heterocycles. The molecule has 1 aromatic heterocycles. The molecule has 4 nitrogen and oxygen atoms in total. The standard InChI is InChI=1S/C13H19N3O/c1-11(17)16-8-7-15-13(10-16)5-4-12-3-2-6-14-9-12/h2-3,6,9,13,15H,4-5,7-8,10H2,1H3. The van der Waals surface area contributed by atoms with Gasteiger partial charge in [-0.1, -0.05) is 6.07 Å². The molecule has 1 amide bonds. The third-order valence-electron chi connectivity index (χ3n) is 3.21. The Morgan fingerprint density at radius 2 is 2.53 bits per heavy atom. The van der Waals surface area contributed by atoms with Gasteiger partial charge in [-0.3, -0.25) is 9.78 Å². The molecular formula is C13H19N3O. The van der Waals surface area contributed by atoms with Crippen LogP contribution >= 0.6 is 0 Å². The number of nitrogens with one attached hydrogen (secondary N) is 1. The first-order valence-corrected chi connectivity index (χ1v) is 6.13. The summed E-state index contributed by atoms with van der Waals surface area (Å²) in [6, 6.07) is 4.47. The lowest BCUT2D eigenvalue weighted by Crippen LogP contribution is -2.52. The Labute approximate surface area is 102 Å². The first kappa shape index (κ1) is 12.0. The Kier molecular flexibility index (Phi) is 4.09. The third-order valence-corrected chi connectivity index (χ3v) is 3.21. The van der Waals surface area contributed by atoms with Crippen LogP contribution in [-0.4, -0.2) is 41.5 Å². The molecule has 92 valence electrons. The van der Waals surface area contributed by atoms with E-state index in [4.69, 9.17) is 0 Å². The van der Waals surface area contributed by atoms with Crippen molar-refractivity contribution in [3.63, 3.8) is 0 Å². The second-order valence-corrected chi connectivity index (χ2v) is 4.52. The van der Waals surface area contributed by atoms with E-state index >= 15 is 0 Å². The molecule has 4 heteroatoms. The molecule has 0 radical (unpaired) electrons. The quantitative estimate of drug-likeness (QED) is 0.841. The largest absolute Gasteiger partial charge is 0.340 e. The van der Waals surface area contributed by atoms with Crippen molar-refractivity contribution in [3.8, 4) is 0 Å². The van der Waals surface area contributed by atoms with Crippen LogP contribution in [0.2, 0.25) is 0 Å². The lowest BCUT2D eigenvalue weighted by Gasteiger charge is -2.33. The summed E-state index contributed by atoms with van der Waals surface area (Å²) < 4.78 is 0. The molecule has 0 saturated carbocycles. The van der Waals surface area contributed by atoms with Crippen LogP contribution in [0.5, 0.6) is 0 Å². The van der Waals surface area contributed by atoms with Crippen molar-refractivity contribution < 1.29 is 4.79 Å². The van der Waals surface area contributed by atoms with E-state index in [1.54, 1.807) is 13.1 Å². The molecule has 17 heavy (non-hydrogen) atoms. The highest BCUT2D eigenvalue weighted by Crippen LogP contribution is 2.08. The number of pyridine rings is 1. The Bertz CT molecular complexity index is 366. The molecule has 1 aromatic rings. The van der Waals surface area contributed by atoms with Gasteiger partial charge in [0.1, 0.15) is 0 Å². The van der Waals surface area contributed by atoms with Crippen molar-refractivity contribution in [3.05, 3.63) is 30.1 Å². The zero-order valence-electron chi connectivity index (χ0n) is 10.2. The van der Waals surface area contributed by atoms with Gasteiger partial charge in [-0.15, -0.1) is 0 Å². The molecular weight excluding hydrogens is 214 g/mol. The van der Waals surface area contributed by atoms with Crippen molar-refractivity contribution >= 4 is 5.91 Å². The minimum Gasteiger partial charge on any atom is -0.340 e. The number of aromatic nitrogens is 1. The van der Waals surface area contributed by atoms with E-state index in [1.165, 1.54) is 5.56 Å². The van der Waals surface area contributed by atoms with Crippen molar-refractivity contribution in [2.24, 2.45) is 0 Å². The SMILES string of the molecule is CC(=O)N1CCNC(CCc2cccnc2)C1. The number of amides is 1. The van der Waals surface area contributed by atoms with Crippen LogP contribution in [-0.2, 0) is 11.2 Å². The molecule has 1 saturated heterocycles. The summed E-state index contributed by atoms with van der Waals surface area (Å²) in [5, 5.41) is 3.46. The van der Waals surface area contributed by atoms with Gasteiger partial charge in [0, 0.05) is 45.0 Å². The van der Waals surface area contributed by atoms with Crippen LogP contribution in [0, 0.1) is 0 Å². The molecule has 1 fully saturated rings. The van der Waals surface area contributed by atoms with Gasteiger partial charge in [0.2, 0.25) is 5.91 Å². The van der Waals surface area contributed by atoms with Gasteiger partial charge in [0.15, 0.2) is 0 Å². The van der Waals surface area contributed by atoms with Gasteiger partial charge in [-0.05, 0) is 24.5 Å². The number of hydrogen-bond donors (Lipinski definition) is 1. The van der Waals surface area contributed by atoms with E-state index in [0.717, 1.165) is 32.5 Å². The predicted octanol–water partition coefficient (Wildman–Crippen LogP) is 0.834. The van der Waals surface area contributed by atoms with E-state index in [0.29, 0.717) is 6.04 Å².